The summed E-state index contributed by atoms with van der Waals surface area (Å²) < 4.78 is 12.8. The number of hydrogen-bond donors (Lipinski definition) is 1. The van der Waals surface area contributed by atoms with Gasteiger partial charge in [0.2, 0.25) is 5.91 Å². The first-order chi connectivity index (χ1) is 11.1. The maximum atomic E-state index is 12.8. The first-order valence-corrected chi connectivity index (χ1v) is 7.42. The van der Waals surface area contributed by atoms with Crippen LogP contribution in [0.25, 0.3) is 6.08 Å². The van der Waals surface area contributed by atoms with Gasteiger partial charge in [-0.1, -0.05) is 37.3 Å². The molecule has 23 heavy (non-hydrogen) atoms. The van der Waals surface area contributed by atoms with Gasteiger partial charge in [0, 0.05) is 11.1 Å². The van der Waals surface area contributed by atoms with E-state index in [9.17, 15) is 14.0 Å². The Labute approximate surface area is 134 Å². The maximum absolute atomic E-state index is 12.8. The maximum Gasteiger partial charge on any atom is 0.247 e. The van der Waals surface area contributed by atoms with Crippen molar-refractivity contribution >= 4 is 17.8 Å². The van der Waals surface area contributed by atoms with Crippen molar-refractivity contribution in [1.29, 1.82) is 0 Å². The number of Topliss-reactive ketones (excluding diaryl/α,β-unsaturated/α-hetero) is 1. The zero-order valence-corrected chi connectivity index (χ0v) is 12.9. The number of benzene rings is 2. The number of carbonyl (C=O) groups excluding carboxylic acids is 2. The van der Waals surface area contributed by atoms with Crippen LogP contribution in [0.2, 0.25) is 0 Å². The normalized spacial score (nSPS) is 11.1. The largest absolute Gasteiger partial charge is 0.345 e. The van der Waals surface area contributed by atoms with Crippen molar-refractivity contribution in [3.63, 3.8) is 0 Å². The topological polar surface area (TPSA) is 46.2 Å². The van der Waals surface area contributed by atoms with Gasteiger partial charge in [0.25, 0.3) is 0 Å². The van der Waals surface area contributed by atoms with E-state index in [4.69, 9.17) is 0 Å². The lowest BCUT2D eigenvalue weighted by atomic mass is 10.1. The molecule has 0 spiro atoms. The molecule has 0 fully saturated rings. The van der Waals surface area contributed by atoms with Crippen LogP contribution < -0.4 is 5.32 Å². The fourth-order valence-electron chi connectivity index (χ4n) is 2.09. The standard InChI is InChI=1S/C19H18FNO2/c1-2-15(12-14-6-4-3-5-7-14)19(23)21-13-18(22)16-8-10-17(20)11-9-16/h3-12H,2,13H2,1H3,(H,21,23)/b15-12+. The van der Waals surface area contributed by atoms with Crippen LogP contribution in [0.4, 0.5) is 4.39 Å². The van der Waals surface area contributed by atoms with Gasteiger partial charge in [-0.05, 0) is 42.3 Å². The highest BCUT2D eigenvalue weighted by Crippen LogP contribution is 2.10. The first kappa shape index (κ1) is 16.6. The van der Waals surface area contributed by atoms with Crippen LogP contribution in [-0.2, 0) is 4.79 Å². The molecule has 0 bridgehead atoms. The van der Waals surface area contributed by atoms with E-state index in [-0.39, 0.29) is 18.2 Å². The van der Waals surface area contributed by atoms with Crippen molar-refractivity contribution < 1.29 is 14.0 Å². The van der Waals surface area contributed by atoms with Gasteiger partial charge in [0.05, 0.1) is 6.54 Å². The van der Waals surface area contributed by atoms with E-state index in [1.54, 1.807) is 6.08 Å². The van der Waals surface area contributed by atoms with Crippen LogP contribution in [0.5, 0.6) is 0 Å². The summed E-state index contributed by atoms with van der Waals surface area (Å²) >= 11 is 0. The Morgan fingerprint density at radius 1 is 1.04 bits per heavy atom. The van der Waals surface area contributed by atoms with Gasteiger partial charge in [-0.25, -0.2) is 4.39 Å². The van der Waals surface area contributed by atoms with Gasteiger partial charge in [-0.15, -0.1) is 0 Å². The summed E-state index contributed by atoms with van der Waals surface area (Å²) in [6.07, 6.45) is 2.36. The van der Waals surface area contributed by atoms with Gasteiger partial charge in [0.1, 0.15) is 5.82 Å². The molecule has 2 rings (SSSR count). The van der Waals surface area contributed by atoms with E-state index >= 15 is 0 Å². The van der Waals surface area contributed by atoms with Gasteiger partial charge in [0.15, 0.2) is 5.78 Å². The molecule has 1 amide bonds. The van der Waals surface area contributed by atoms with Crippen LogP contribution >= 0.6 is 0 Å². The first-order valence-electron chi connectivity index (χ1n) is 7.42. The third-order valence-electron chi connectivity index (χ3n) is 3.39. The van der Waals surface area contributed by atoms with Gasteiger partial charge < -0.3 is 5.32 Å². The molecule has 0 aliphatic heterocycles. The molecule has 0 radical (unpaired) electrons. The fourth-order valence-corrected chi connectivity index (χ4v) is 2.09. The Morgan fingerprint density at radius 3 is 2.30 bits per heavy atom. The minimum Gasteiger partial charge on any atom is -0.345 e. The number of ketones is 1. The molecule has 2 aromatic rings. The highest BCUT2D eigenvalue weighted by atomic mass is 19.1. The van der Waals surface area contributed by atoms with Crippen molar-refractivity contribution in [2.75, 3.05) is 6.54 Å². The van der Waals surface area contributed by atoms with Crippen LogP contribution in [0.3, 0.4) is 0 Å². The second-order valence-corrected chi connectivity index (χ2v) is 5.05. The lowest BCUT2D eigenvalue weighted by molar-refractivity contribution is -0.117. The Bertz CT molecular complexity index is 706. The highest BCUT2D eigenvalue weighted by Gasteiger charge is 2.11. The lowest BCUT2D eigenvalue weighted by Gasteiger charge is -2.07. The number of hydrogen-bond acceptors (Lipinski definition) is 2. The summed E-state index contributed by atoms with van der Waals surface area (Å²) in [6.45, 7) is 1.77. The van der Waals surface area contributed by atoms with E-state index in [2.05, 4.69) is 5.32 Å². The van der Waals surface area contributed by atoms with Gasteiger partial charge in [-0.3, -0.25) is 9.59 Å². The Morgan fingerprint density at radius 2 is 1.70 bits per heavy atom. The predicted molar refractivity (Wildman–Crippen MR) is 88.5 cm³/mol. The second-order valence-electron chi connectivity index (χ2n) is 5.05. The van der Waals surface area contributed by atoms with E-state index in [0.717, 1.165) is 5.56 Å². The van der Waals surface area contributed by atoms with Crippen LogP contribution in [0.15, 0.2) is 60.2 Å². The summed E-state index contributed by atoms with van der Waals surface area (Å²) in [5.74, 6) is -0.926. The van der Waals surface area contributed by atoms with Crippen LogP contribution in [0, 0.1) is 5.82 Å². The molecule has 0 atom stereocenters. The fraction of sp³-hybridized carbons (Fsp3) is 0.158. The molecule has 0 unspecified atom stereocenters. The summed E-state index contributed by atoms with van der Waals surface area (Å²) in [4.78, 5) is 24.1. The van der Waals surface area contributed by atoms with Crippen molar-refractivity contribution in [2.24, 2.45) is 0 Å². The zero-order chi connectivity index (χ0) is 16.7. The number of halogens is 1. The van der Waals surface area contributed by atoms with Gasteiger partial charge >= 0.3 is 0 Å². The van der Waals surface area contributed by atoms with Crippen LogP contribution in [-0.4, -0.2) is 18.2 Å². The van der Waals surface area contributed by atoms with E-state index in [1.165, 1.54) is 24.3 Å². The molecule has 0 aromatic heterocycles. The molecule has 2 aromatic carbocycles. The summed E-state index contributed by atoms with van der Waals surface area (Å²) in [7, 11) is 0. The number of nitrogens with one attached hydrogen (secondary N) is 1. The molecule has 4 heteroatoms. The summed E-state index contributed by atoms with van der Waals surface area (Å²) in [5, 5.41) is 2.62. The molecule has 3 nitrogen and oxygen atoms in total. The number of amides is 1. The number of carbonyl (C=O) groups is 2. The average Bonchev–Trinajstić information content (AvgIpc) is 2.58. The summed E-state index contributed by atoms with van der Waals surface area (Å²) in [6, 6.07) is 14.8. The molecular formula is C19H18FNO2. The van der Waals surface area contributed by atoms with E-state index < -0.39 is 5.82 Å². The molecule has 0 aliphatic carbocycles. The van der Waals surface area contributed by atoms with E-state index in [0.29, 0.717) is 17.6 Å². The average molecular weight is 311 g/mol. The minimum absolute atomic E-state index is 0.114. The second kappa shape index (κ2) is 8.03. The third kappa shape index (κ3) is 4.88. The quantitative estimate of drug-likeness (QED) is 0.654. The molecule has 0 saturated heterocycles. The third-order valence-corrected chi connectivity index (χ3v) is 3.39. The SMILES string of the molecule is CC/C(=C\c1ccccc1)C(=O)NCC(=O)c1ccc(F)cc1. The molecule has 118 valence electrons. The molecular weight excluding hydrogens is 293 g/mol. The summed E-state index contributed by atoms with van der Waals surface area (Å²) in [5.41, 5.74) is 1.91. The molecule has 0 heterocycles. The monoisotopic (exact) mass is 311 g/mol. The molecule has 1 N–H and O–H groups in total. The van der Waals surface area contributed by atoms with Gasteiger partial charge in [-0.2, -0.15) is 0 Å². The van der Waals surface area contributed by atoms with E-state index in [1.807, 2.05) is 37.3 Å². The molecule has 0 aliphatic rings. The molecule has 0 saturated carbocycles. The smallest absolute Gasteiger partial charge is 0.247 e. The Hall–Kier alpha value is -2.75. The van der Waals surface area contributed by atoms with Crippen molar-refractivity contribution in [3.8, 4) is 0 Å². The van der Waals surface area contributed by atoms with Crippen molar-refractivity contribution in [2.45, 2.75) is 13.3 Å². The zero-order valence-electron chi connectivity index (χ0n) is 12.9. The Kier molecular flexibility index (Phi) is 5.80. The minimum atomic E-state index is -0.398. The highest BCUT2D eigenvalue weighted by molar-refractivity contribution is 6.03. The lowest BCUT2D eigenvalue weighted by Crippen LogP contribution is -2.30. The van der Waals surface area contributed by atoms with Crippen LogP contribution in [0.1, 0.15) is 29.3 Å². The van der Waals surface area contributed by atoms with Crippen molar-refractivity contribution in [3.05, 3.63) is 77.1 Å². The predicted octanol–water partition coefficient (Wildman–Crippen LogP) is 3.62. The Balaban J connectivity index is 1.98. The van der Waals surface area contributed by atoms with Crippen molar-refractivity contribution in [1.82, 2.24) is 5.32 Å². The number of rotatable bonds is 6.